The lowest BCUT2D eigenvalue weighted by molar-refractivity contribution is -0.116. The second kappa shape index (κ2) is 8.63. The highest BCUT2D eigenvalue weighted by atomic mass is 16.5. The largest absolute Gasteiger partial charge is 0.381 e. The van der Waals surface area contributed by atoms with Crippen LogP contribution in [0.15, 0.2) is 42.0 Å². The van der Waals surface area contributed by atoms with Crippen LogP contribution in [-0.4, -0.2) is 25.7 Å². The van der Waals surface area contributed by atoms with Crippen LogP contribution in [0.5, 0.6) is 0 Å². The first-order chi connectivity index (χ1) is 10.2. The molecule has 114 valence electrons. The van der Waals surface area contributed by atoms with Gasteiger partial charge in [0.2, 0.25) is 5.91 Å². The molecule has 3 heteroatoms. The summed E-state index contributed by atoms with van der Waals surface area (Å²) in [6, 6.07) is 10.5. The van der Waals surface area contributed by atoms with E-state index in [0.717, 1.165) is 51.0 Å². The number of hydrogen-bond acceptors (Lipinski definition) is 2. The molecule has 2 rings (SSSR count). The zero-order valence-corrected chi connectivity index (χ0v) is 12.8. The summed E-state index contributed by atoms with van der Waals surface area (Å²) < 4.78 is 5.30. The molecule has 1 aliphatic heterocycles. The Kier molecular flexibility index (Phi) is 6.48. The number of rotatable bonds is 7. The van der Waals surface area contributed by atoms with Gasteiger partial charge in [-0.1, -0.05) is 35.9 Å². The Morgan fingerprint density at radius 1 is 1.38 bits per heavy atom. The van der Waals surface area contributed by atoms with Gasteiger partial charge in [-0.3, -0.25) is 4.79 Å². The number of carbonyl (C=O) groups excluding carboxylic acids is 1. The van der Waals surface area contributed by atoms with Crippen LogP contribution in [0.2, 0.25) is 0 Å². The van der Waals surface area contributed by atoms with Crippen molar-refractivity contribution < 1.29 is 9.53 Å². The fourth-order valence-corrected chi connectivity index (χ4v) is 2.55. The molecule has 1 fully saturated rings. The highest BCUT2D eigenvalue weighted by molar-refractivity contribution is 5.88. The molecule has 0 aliphatic carbocycles. The van der Waals surface area contributed by atoms with E-state index in [1.54, 1.807) is 6.08 Å². The van der Waals surface area contributed by atoms with Gasteiger partial charge in [-0.15, -0.1) is 0 Å². The topological polar surface area (TPSA) is 38.3 Å². The third-order valence-electron chi connectivity index (χ3n) is 3.85. The number of amides is 1. The molecule has 1 heterocycles. The molecule has 0 radical (unpaired) electrons. The van der Waals surface area contributed by atoms with Gasteiger partial charge in [0.1, 0.15) is 0 Å². The molecule has 1 unspecified atom stereocenters. The minimum atomic E-state index is 0.0270. The molecule has 0 aromatic heterocycles. The molecule has 1 aromatic carbocycles. The Bertz CT molecular complexity index is 461. The maximum absolute atomic E-state index is 11.8. The van der Waals surface area contributed by atoms with Crippen LogP contribution in [0.1, 0.15) is 31.7 Å². The summed E-state index contributed by atoms with van der Waals surface area (Å²) in [6.07, 6.45) is 5.90. The lowest BCUT2D eigenvalue weighted by Crippen LogP contribution is -2.28. The first kappa shape index (κ1) is 15.8. The van der Waals surface area contributed by atoms with Gasteiger partial charge in [-0.25, -0.2) is 0 Å². The molecule has 1 saturated heterocycles. The first-order valence-electron chi connectivity index (χ1n) is 7.80. The van der Waals surface area contributed by atoms with Crippen LogP contribution >= 0.6 is 0 Å². The SMILES string of the molecule is CC(=CC(=O)NCC1CCOC1)CCCc1ccccc1. The molecule has 0 saturated carbocycles. The Labute approximate surface area is 127 Å². The Morgan fingerprint density at radius 2 is 2.19 bits per heavy atom. The fraction of sp³-hybridized carbons (Fsp3) is 0.500. The smallest absolute Gasteiger partial charge is 0.243 e. The van der Waals surface area contributed by atoms with E-state index in [9.17, 15) is 4.79 Å². The number of ether oxygens (including phenoxy) is 1. The number of allylic oxidation sites excluding steroid dienone is 1. The van der Waals surface area contributed by atoms with Crippen molar-refractivity contribution in [1.29, 1.82) is 0 Å². The maximum Gasteiger partial charge on any atom is 0.243 e. The summed E-state index contributed by atoms with van der Waals surface area (Å²) in [6.45, 7) is 4.37. The summed E-state index contributed by atoms with van der Waals surface area (Å²) >= 11 is 0. The third kappa shape index (κ3) is 6.13. The van der Waals surface area contributed by atoms with E-state index in [2.05, 4.69) is 29.6 Å². The van der Waals surface area contributed by atoms with Crippen LogP contribution in [0, 0.1) is 5.92 Å². The van der Waals surface area contributed by atoms with Gasteiger partial charge in [-0.05, 0) is 38.2 Å². The molecule has 3 nitrogen and oxygen atoms in total. The Morgan fingerprint density at radius 3 is 2.90 bits per heavy atom. The second-order valence-electron chi connectivity index (χ2n) is 5.80. The van der Waals surface area contributed by atoms with Crippen molar-refractivity contribution in [3.63, 3.8) is 0 Å². The Hall–Kier alpha value is -1.61. The molecule has 1 N–H and O–H groups in total. The van der Waals surface area contributed by atoms with Crippen LogP contribution < -0.4 is 5.32 Å². The molecular weight excluding hydrogens is 262 g/mol. The molecule has 1 aromatic rings. The third-order valence-corrected chi connectivity index (χ3v) is 3.85. The lowest BCUT2D eigenvalue weighted by Gasteiger charge is -2.08. The van der Waals surface area contributed by atoms with E-state index >= 15 is 0 Å². The van der Waals surface area contributed by atoms with E-state index in [-0.39, 0.29) is 5.91 Å². The number of hydrogen-bond donors (Lipinski definition) is 1. The molecule has 0 bridgehead atoms. The van der Waals surface area contributed by atoms with Gasteiger partial charge in [0, 0.05) is 25.1 Å². The van der Waals surface area contributed by atoms with Crippen molar-refractivity contribution in [2.45, 2.75) is 32.6 Å². The van der Waals surface area contributed by atoms with E-state index in [0.29, 0.717) is 5.92 Å². The van der Waals surface area contributed by atoms with Crippen LogP contribution in [0.4, 0.5) is 0 Å². The first-order valence-corrected chi connectivity index (χ1v) is 7.80. The standard InChI is InChI=1S/C18H25NO2/c1-15(6-5-9-16-7-3-2-4-8-16)12-18(20)19-13-17-10-11-21-14-17/h2-4,7-8,12,17H,5-6,9-11,13-14H2,1H3,(H,19,20). The molecular formula is C18H25NO2. The Balaban J connectivity index is 1.64. The summed E-state index contributed by atoms with van der Waals surface area (Å²) in [7, 11) is 0. The average molecular weight is 287 g/mol. The predicted octanol–water partition coefficient (Wildman–Crippen LogP) is 3.11. The maximum atomic E-state index is 11.8. The van der Waals surface area contributed by atoms with Gasteiger partial charge in [0.25, 0.3) is 0 Å². The van der Waals surface area contributed by atoms with E-state index in [1.165, 1.54) is 5.56 Å². The molecule has 21 heavy (non-hydrogen) atoms. The van der Waals surface area contributed by atoms with Crippen molar-refractivity contribution in [2.24, 2.45) is 5.92 Å². The van der Waals surface area contributed by atoms with Crippen molar-refractivity contribution in [2.75, 3.05) is 19.8 Å². The van der Waals surface area contributed by atoms with E-state index < -0.39 is 0 Å². The number of nitrogens with one attached hydrogen (secondary N) is 1. The fourth-order valence-electron chi connectivity index (χ4n) is 2.55. The van der Waals surface area contributed by atoms with Gasteiger partial charge in [0.15, 0.2) is 0 Å². The number of carbonyl (C=O) groups is 1. The highest BCUT2D eigenvalue weighted by Crippen LogP contribution is 2.11. The van der Waals surface area contributed by atoms with Crippen LogP contribution in [0.3, 0.4) is 0 Å². The average Bonchev–Trinajstić information content (AvgIpc) is 2.99. The summed E-state index contributed by atoms with van der Waals surface area (Å²) in [4.78, 5) is 11.8. The van der Waals surface area contributed by atoms with Crippen molar-refractivity contribution in [3.8, 4) is 0 Å². The molecule has 1 amide bonds. The summed E-state index contributed by atoms with van der Waals surface area (Å²) in [5, 5.41) is 2.97. The second-order valence-corrected chi connectivity index (χ2v) is 5.80. The molecule has 1 atom stereocenters. The monoisotopic (exact) mass is 287 g/mol. The van der Waals surface area contributed by atoms with Crippen LogP contribution in [0.25, 0.3) is 0 Å². The number of benzene rings is 1. The predicted molar refractivity (Wildman–Crippen MR) is 85.1 cm³/mol. The normalized spacial score (nSPS) is 18.7. The minimum Gasteiger partial charge on any atom is -0.381 e. The van der Waals surface area contributed by atoms with Crippen molar-refractivity contribution in [3.05, 3.63) is 47.5 Å². The van der Waals surface area contributed by atoms with E-state index in [1.807, 2.05) is 13.0 Å². The lowest BCUT2D eigenvalue weighted by atomic mass is 10.0. The quantitative estimate of drug-likeness (QED) is 0.783. The van der Waals surface area contributed by atoms with E-state index in [4.69, 9.17) is 4.74 Å². The van der Waals surface area contributed by atoms with Gasteiger partial charge in [0.05, 0.1) is 6.61 Å². The van der Waals surface area contributed by atoms with Crippen molar-refractivity contribution in [1.82, 2.24) is 5.32 Å². The zero-order valence-electron chi connectivity index (χ0n) is 12.8. The highest BCUT2D eigenvalue weighted by Gasteiger charge is 2.15. The minimum absolute atomic E-state index is 0.0270. The summed E-state index contributed by atoms with van der Waals surface area (Å²) in [5.74, 6) is 0.514. The van der Waals surface area contributed by atoms with Crippen LogP contribution in [-0.2, 0) is 16.0 Å². The molecule has 1 aliphatic rings. The van der Waals surface area contributed by atoms with Gasteiger partial charge < -0.3 is 10.1 Å². The van der Waals surface area contributed by atoms with Gasteiger partial charge >= 0.3 is 0 Å². The van der Waals surface area contributed by atoms with Gasteiger partial charge in [-0.2, -0.15) is 0 Å². The summed E-state index contributed by atoms with van der Waals surface area (Å²) in [5.41, 5.74) is 2.50. The van der Waals surface area contributed by atoms with Crippen molar-refractivity contribution >= 4 is 5.91 Å². The molecule has 0 spiro atoms. The zero-order chi connectivity index (χ0) is 14.9. The number of aryl methyl sites for hydroxylation is 1.